The van der Waals surface area contributed by atoms with Gasteiger partial charge in [-0.25, -0.2) is 18.1 Å². The van der Waals surface area contributed by atoms with Crippen molar-refractivity contribution in [3.05, 3.63) is 36.4 Å². The summed E-state index contributed by atoms with van der Waals surface area (Å²) in [6, 6.07) is 6.57. The second kappa shape index (κ2) is 6.20. The Balaban J connectivity index is 1.70. The lowest BCUT2D eigenvalue weighted by atomic mass is 10.2. The first kappa shape index (κ1) is 15.2. The lowest BCUT2D eigenvalue weighted by molar-refractivity contribution is 0.114. The van der Waals surface area contributed by atoms with Crippen molar-refractivity contribution in [3.63, 3.8) is 0 Å². The Morgan fingerprint density at radius 1 is 1.32 bits per heavy atom. The van der Waals surface area contributed by atoms with Crippen LogP contribution in [0.1, 0.15) is 18.7 Å². The van der Waals surface area contributed by atoms with Crippen molar-refractivity contribution in [2.75, 3.05) is 13.2 Å². The van der Waals surface area contributed by atoms with Crippen LogP contribution >= 0.6 is 0 Å². The molecule has 0 bridgehead atoms. The molecule has 1 atom stereocenters. The fourth-order valence-electron chi connectivity index (χ4n) is 2.39. The molecule has 0 amide bonds. The molecule has 3 rings (SSSR count). The lowest BCUT2D eigenvalue weighted by Crippen LogP contribution is -2.31. The van der Waals surface area contributed by atoms with Crippen molar-refractivity contribution in [1.82, 2.24) is 9.71 Å². The number of aromatic nitrogens is 1. The van der Waals surface area contributed by atoms with Crippen LogP contribution in [0, 0.1) is 6.92 Å². The minimum absolute atomic E-state index is 0.0212. The van der Waals surface area contributed by atoms with Gasteiger partial charge in [-0.3, -0.25) is 0 Å². The summed E-state index contributed by atoms with van der Waals surface area (Å²) in [4.78, 5) is 4.44. The maximum atomic E-state index is 12.2. The number of oxazole rings is 1. The Bertz CT molecular complexity index is 731. The van der Waals surface area contributed by atoms with Crippen molar-refractivity contribution in [2.45, 2.75) is 30.8 Å². The van der Waals surface area contributed by atoms with E-state index in [9.17, 15) is 8.42 Å². The molecule has 118 valence electrons. The first-order valence-electron chi connectivity index (χ1n) is 7.18. The molecule has 1 aliphatic rings. The van der Waals surface area contributed by atoms with Gasteiger partial charge in [0.2, 0.25) is 10.0 Å². The summed E-state index contributed by atoms with van der Waals surface area (Å²) in [5.41, 5.74) is 1.50. The smallest absolute Gasteiger partial charge is 0.240 e. The number of nitrogens with one attached hydrogen (secondary N) is 1. The molecule has 0 saturated carbocycles. The van der Waals surface area contributed by atoms with E-state index in [1.54, 1.807) is 37.5 Å². The van der Waals surface area contributed by atoms with Crippen molar-refractivity contribution in [1.29, 1.82) is 0 Å². The maximum absolute atomic E-state index is 12.2. The van der Waals surface area contributed by atoms with E-state index >= 15 is 0 Å². The Labute approximate surface area is 129 Å². The van der Waals surface area contributed by atoms with Gasteiger partial charge in [0.15, 0.2) is 5.89 Å². The highest BCUT2D eigenvalue weighted by atomic mass is 32.2. The third kappa shape index (κ3) is 3.37. The number of nitrogens with zero attached hydrogens (tertiary/aromatic N) is 1. The topological polar surface area (TPSA) is 81.4 Å². The summed E-state index contributed by atoms with van der Waals surface area (Å²) < 4.78 is 37.6. The third-order valence-corrected chi connectivity index (χ3v) is 5.04. The fourth-order valence-corrected chi connectivity index (χ4v) is 3.46. The van der Waals surface area contributed by atoms with E-state index in [0.29, 0.717) is 24.7 Å². The molecule has 0 spiro atoms. The highest BCUT2D eigenvalue weighted by Crippen LogP contribution is 2.21. The van der Waals surface area contributed by atoms with Crippen molar-refractivity contribution in [3.8, 4) is 11.3 Å². The number of hydrogen-bond donors (Lipinski definition) is 1. The van der Waals surface area contributed by atoms with Gasteiger partial charge >= 0.3 is 0 Å². The van der Waals surface area contributed by atoms with Crippen molar-refractivity contribution >= 4 is 10.0 Å². The SMILES string of the molecule is Cc1nc(-c2ccc(S(=O)(=O)NC[C@H]3CCCO3)cc2)co1. The maximum Gasteiger partial charge on any atom is 0.240 e. The Hall–Kier alpha value is -1.70. The van der Waals surface area contributed by atoms with Gasteiger partial charge < -0.3 is 9.15 Å². The van der Waals surface area contributed by atoms with Gasteiger partial charge in [-0.1, -0.05) is 12.1 Å². The zero-order chi connectivity index (χ0) is 15.6. The first-order valence-corrected chi connectivity index (χ1v) is 8.67. The van der Waals surface area contributed by atoms with Gasteiger partial charge in [0.05, 0.1) is 11.0 Å². The van der Waals surface area contributed by atoms with E-state index in [1.807, 2.05) is 0 Å². The van der Waals surface area contributed by atoms with Gasteiger partial charge in [0, 0.05) is 25.6 Å². The van der Waals surface area contributed by atoms with E-state index < -0.39 is 10.0 Å². The Kier molecular flexibility index (Phi) is 4.28. The third-order valence-electron chi connectivity index (χ3n) is 3.60. The number of aryl methyl sites for hydroxylation is 1. The number of ether oxygens (including phenoxy) is 1. The van der Waals surface area contributed by atoms with E-state index in [2.05, 4.69) is 9.71 Å². The molecule has 6 nitrogen and oxygen atoms in total. The molecule has 0 radical (unpaired) electrons. The van der Waals surface area contributed by atoms with Crippen LogP contribution in [0.4, 0.5) is 0 Å². The first-order chi connectivity index (χ1) is 10.5. The molecule has 1 aromatic carbocycles. The summed E-state index contributed by atoms with van der Waals surface area (Å²) in [6.45, 7) is 2.78. The van der Waals surface area contributed by atoms with Crippen LogP contribution in [0.15, 0.2) is 39.8 Å². The molecule has 1 aromatic heterocycles. The summed E-state index contributed by atoms with van der Waals surface area (Å²) in [5, 5.41) is 0. The largest absolute Gasteiger partial charge is 0.449 e. The van der Waals surface area contributed by atoms with Crippen LogP contribution in [0.3, 0.4) is 0 Å². The van der Waals surface area contributed by atoms with Crippen LogP contribution in [0.2, 0.25) is 0 Å². The molecule has 0 aliphatic carbocycles. The minimum atomic E-state index is -3.52. The molecule has 1 N–H and O–H groups in total. The molecule has 22 heavy (non-hydrogen) atoms. The molecule has 1 fully saturated rings. The van der Waals surface area contributed by atoms with Crippen LogP contribution in [-0.4, -0.2) is 32.7 Å². The molecule has 1 saturated heterocycles. The number of hydrogen-bond acceptors (Lipinski definition) is 5. The Morgan fingerprint density at radius 2 is 2.09 bits per heavy atom. The normalized spacial score (nSPS) is 18.7. The highest BCUT2D eigenvalue weighted by molar-refractivity contribution is 7.89. The van der Waals surface area contributed by atoms with Gasteiger partial charge in [-0.15, -0.1) is 0 Å². The molecule has 2 heterocycles. The molecular weight excluding hydrogens is 304 g/mol. The predicted octanol–water partition coefficient (Wildman–Crippen LogP) is 2.11. The van der Waals surface area contributed by atoms with E-state index in [4.69, 9.17) is 9.15 Å². The zero-order valence-corrected chi connectivity index (χ0v) is 13.1. The Morgan fingerprint density at radius 3 is 2.68 bits per heavy atom. The summed E-state index contributed by atoms with van der Waals surface area (Å²) in [7, 11) is -3.52. The standard InChI is InChI=1S/C15H18N2O4S/c1-11-17-15(10-21-11)12-4-6-14(7-5-12)22(18,19)16-9-13-3-2-8-20-13/h4-7,10,13,16H,2-3,8-9H2,1H3/t13-/m1/s1. The van der Waals surface area contributed by atoms with Crippen LogP contribution in [0.25, 0.3) is 11.3 Å². The second-order valence-corrected chi connectivity index (χ2v) is 7.03. The van der Waals surface area contributed by atoms with Crippen LogP contribution in [0.5, 0.6) is 0 Å². The number of benzene rings is 1. The highest BCUT2D eigenvalue weighted by Gasteiger charge is 2.20. The van der Waals surface area contributed by atoms with Crippen molar-refractivity contribution in [2.24, 2.45) is 0 Å². The molecular formula is C15H18N2O4S. The number of rotatable bonds is 5. The minimum Gasteiger partial charge on any atom is -0.449 e. The summed E-state index contributed by atoms with van der Waals surface area (Å²) in [6.07, 6.45) is 3.41. The van der Waals surface area contributed by atoms with Crippen LogP contribution < -0.4 is 4.72 Å². The van der Waals surface area contributed by atoms with E-state index in [0.717, 1.165) is 18.4 Å². The number of sulfonamides is 1. The average molecular weight is 322 g/mol. The molecule has 2 aromatic rings. The molecule has 0 unspecified atom stereocenters. The zero-order valence-electron chi connectivity index (χ0n) is 12.3. The summed E-state index contributed by atoms with van der Waals surface area (Å²) >= 11 is 0. The molecule has 1 aliphatic heterocycles. The predicted molar refractivity (Wildman–Crippen MR) is 80.8 cm³/mol. The van der Waals surface area contributed by atoms with Gasteiger partial charge in [-0.05, 0) is 25.0 Å². The van der Waals surface area contributed by atoms with Crippen molar-refractivity contribution < 1.29 is 17.6 Å². The lowest BCUT2D eigenvalue weighted by Gasteiger charge is -2.11. The average Bonchev–Trinajstić information content (AvgIpc) is 3.17. The van der Waals surface area contributed by atoms with Gasteiger partial charge in [-0.2, -0.15) is 0 Å². The monoisotopic (exact) mass is 322 g/mol. The van der Waals surface area contributed by atoms with Crippen LogP contribution in [-0.2, 0) is 14.8 Å². The van der Waals surface area contributed by atoms with Gasteiger partial charge in [0.1, 0.15) is 12.0 Å². The second-order valence-electron chi connectivity index (χ2n) is 5.26. The molecule has 7 heteroatoms. The van der Waals surface area contributed by atoms with E-state index in [1.165, 1.54) is 0 Å². The quantitative estimate of drug-likeness (QED) is 0.912. The summed E-state index contributed by atoms with van der Waals surface area (Å²) in [5.74, 6) is 0.574. The fraction of sp³-hybridized carbons (Fsp3) is 0.400. The van der Waals surface area contributed by atoms with E-state index in [-0.39, 0.29) is 11.0 Å². The van der Waals surface area contributed by atoms with Gasteiger partial charge in [0.25, 0.3) is 0 Å².